The number of hydrogen-bond donors (Lipinski definition) is 1. The zero-order valence-corrected chi connectivity index (χ0v) is 24.7. The molecule has 0 saturated carbocycles. The summed E-state index contributed by atoms with van der Waals surface area (Å²) in [5.74, 6) is -0.880. The van der Waals surface area contributed by atoms with Crippen molar-refractivity contribution in [3.63, 3.8) is 0 Å². The van der Waals surface area contributed by atoms with Crippen molar-refractivity contribution >= 4 is 50.7 Å². The molecule has 0 saturated heterocycles. The van der Waals surface area contributed by atoms with E-state index < -0.39 is 28.5 Å². The molecule has 10 heteroatoms. The highest BCUT2D eigenvalue weighted by atomic mass is 35.5. The summed E-state index contributed by atoms with van der Waals surface area (Å²) in [5.41, 5.74) is 1.88. The molecule has 0 aromatic heterocycles. The van der Waals surface area contributed by atoms with Gasteiger partial charge in [-0.25, -0.2) is 8.42 Å². The number of amides is 2. The summed E-state index contributed by atoms with van der Waals surface area (Å²) in [7, 11) is -4.15. The fraction of sp³-hybridized carbons (Fsp3) is 0.310. The average Bonchev–Trinajstić information content (AvgIpc) is 2.90. The zero-order chi connectivity index (χ0) is 28.7. The van der Waals surface area contributed by atoms with E-state index in [9.17, 15) is 18.0 Å². The fourth-order valence-electron chi connectivity index (χ4n) is 3.83. The maximum absolute atomic E-state index is 13.9. The van der Waals surface area contributed by atoms with Gasteiger partial charge in [0.25, 0.3) is 10.0 Å². The molecular formula is C29H33Cl2N3O4S. The Morgan fingerprint density at radius 1 is 0.923 bits per heavy atom. The minimum atomic E-state index is -4.15. The van der Waals surface area contributed by atoms with Crippen LogP contribution in [0.25, 0.3) is 0 Å². The largest absolute Gasteiger partial charge is 0.352 e. The molecule has 3 aromatic rings. The predicted octanol–water partition coefficient (Wildman–Crippen LogP) is 5.83. The Morgan fingerprint density at radius 3 is 2.15 bits per heavy atom. The van der Waals surface area contributed by atoms with Gasteiger partial charge in [-0.15, -0.1) is 0 Å². The molecular weight excluding hydrogens is 557 g/mol. The third-order valence-electron chi connectivity index (χ3n) is 6.42. The quantitative estimate of drug-likeness (QED) is 0.305. The van der Waals surface area contributed by atoms with Gasteiger partial charge in [-0.05, 0) is 75.2 Å². The Morgan fingerprint density at radius 2 is 1.56 bits per heavy atom. The molecule has 2 unspecified atom stereocenters. The third kappa shape index (κ3) is 7.97. The minimum Gasteiger partial charge on any atom is -0.352 e. The highest BCUT2D eigenvalue weighted by Gasteiger charge is 2.32. The molecule has 0 radical (unpaired) electrons. The number of aryl methyl sites for hydroxylation is 1. The maximum atomic E-state index is 13.9. The van der Waals surface area contributed by atoms with Gasteiger partial charge in [0.2, 0.25) is 11.8 Å². The Labute approximate surface area is 240 Å². The number of anilines is 1. The van der Waals surface area contributed by atoms with E-state index in [4.69, 9.17) is 23.2 Å². The van der Waals surface area contributed by atoms with E-state index in [0.717, 1.165) is 21.9 Å². The van der Waals surface area contributed by atoms with Crippen LogP contribution in [0.3, 0.4) is 0 Å². The van der Waals surface area contributed by atoms with Gasteiger partial charge in [0.15, 0.2) is 0 Å². The van der Waals surface area contributed by atoms with Crippen LogP contribution < -0.4 is 9.62 Å². The molecule has 0 bridgehead atoms. The number of carbonyl (C=O) groups is 2. The standard InChI is InChI=1S/C29H33Cl2N3O4S/c1-5-21(3)32-29(36)22(4)33(18-23-11-13-24(30)14-12-23)28(35)19-34(26-8-6-7-25(31)17-26)39(37,38)27-15-9-20(2)10-16-27/h6-17,21-22H,5,18-19H2,1-4H3,(H,32,36). The molecule has 0 aliphatic heterocycles. The van der Waals surface area contributed by atoms with Crippen LogP contribution in [0.4, 0.5) is 5.69 Å². The van der Waals surface area contributed by atoms with Crippen molar-refractivity contribution in [3.8, 4) is 0 Å². The number of rotatable bonds is 11. The van der Waals surface area contributed by atoms with E-state index in [1.165, 1.54) is 23.1 Å². The molecule has 0 aliphatic rings. The van der Waals surface area contributed by atoms with Gasteiger partial charge >= 0.3 is 0 Å². The van der Waals surface area contributed by atoms with Gasteiger partial charge in [0, 0.05) is 22.6 Å². The van der Waals surface area contributed by atoms with Crippen LogP contribution in [0.5, 0.6) is 0 Å². The van der Waals surface area contributed by atoms with Crippen LogP contribution >= 0.6 is 23.2 Å². The van der Waals surface area contributed by atoms with Crippen molar-refractivity contribution in [3.05, 3.63) is 94.0 Å². The van der Waals surface area contributed by atoms with E-state index in [1.807, 2.05) is 20.8 Å². The molecule has 208 valence electrons. The molecule has 2 atom stereocenters. The van der Waals surface area contributed by atoms with Crippen molar-refractivity contribution in [1.82, 2.24) is 10.2 Å². The average molecular weight is 591 g/mol. The first-order chi connectivity index (χ1) is 18.4. The lowest BCUT2D eigenvalue weighted by atomic mass is 10.1. The number of sulfonamides is 1. The number of halogens is 2. The summed E-state index contributed by atoms with van der Waals surface area (Å²) >= 11 is 12.2. The lowest BCUT2D eigenvalue weighted by Gasteiger charge is -2.32. The van der Waals surface area contributed by atoms with Crippen molar-refractivity contribution in [2.75, 3.05) is 10.8 Å². The Bertz CT molecular complexity index is 1400. The summed E-state index contributed by atoms with van der Waals surface area (Å²) in [6, 6.07) is 18.7. The number of nitrogens with one attached hydrogen (secondary N) is 1. The Kier molecular flexibility index (Phi) is 10.4. The van der Waals surface area contributed by atoms with Crippen LogP contribution in [0.15, 0.2) is 77.7 Å². The van der Waals surface area contributed by atoms with Gasteiger partial charge in [-0.2, -0.15) is 0 Å². The Balaban J connectivity index is 2.02. The number of benzene rings is 3. The fourth-order valence-corrected chi connectivity index (χ4v) is 5.55. The van der Waals surface area contributed by atoms with Gasteiger partial charge in [0.05, 0.1) is 10.6 Å². The molecule has 0 aliphatic carbocycles. The topological polar surface area (TPSA) is 86.8 Å². The van der Waals surface area contributed by atoms with Crippen molar-refractivity contribution in [2.24, 2.45) is 0 Å². The van der Waals surface area contributed by atoms with Gasteiger partial charge in [0.1, 0.15) is 12.6 Å². The van der Waals surface area contributed by atoms with Gasteiger partial charge in [-0.3, -0.25) is 13.9 Å². The molecule has 1 N–H and O–H groups in total. The van der Waals surface area contributed by atoms with Crippen LogP contribution in [0.1, 0.15) is 38.3 Å². The molecule has 0 fully saturated rings. The molecule has 0 heterocycles. The summed E-state index contributed by atoms with van der Waals surface area (Å²) < 4.78 is 28.7. The lowest BCUT2D eigenvalue weighted by molar-refractivity contribution is -0.139. The monoisotopic (exact) mass is 589 g/mol. The van der Waals surface area contributed by atoms with E-state index in [-0.39, 0.29) is 29.1 Å². The second-order valence-corrected chi connectivity index (χ2v) is 12.2. The molecule has 39 heavy (non-hydrogen) atoms. The Hall–Kier alpha value is -3.07. The summed E-state index contributed by atoms with van der Waals surface area (Å²) in [6.07, 6.45) is 0.723. The normalized spacial score (nSPS) is 12.9. The van der Waals surface area contributed by atoms with Crippen LogP contribution in [0, 0.1) is 6.92 Å². The first kappa shape index (κ1) is 30.5. The molecule has 0 spiro atoms. The second kappa shape index (κ2) is 13.3. The highest BCUT2D eigenvalue weighted by molar-refractivity contribution is 7.92. The van der Waals surface area contributed by atoms with Crippen LogP contribution in [0.2, 0.25) is 10.0 Å². The number of carbonyl (C=O) groups excluding carboxylic acids is 2. The molecule has 7 nitrogen and oxygen atoms in total. The van der Waals surface area contributed by atoms with Crippen LogP contribution in [-0.2, 0) is 26.2 Å². The van der Waals surface area contributed by atoms with Crippen molar-refractivity contribution in [1.29, 1.82) is 0 Å². The van der Waals surface area contributed by atoms with Crippen molar-refractivity contribution < 1.29 is 18.0 Å². The van der Waals surface area contributed by atoms with E-state index in [0.29, 0.717) is 10.0 Å². The van der Waals surface area contributed by atoms with Gasteiger partial charge < -0.3 is 10.2 Å². The van der Waals surface area contributed by atoms with E-state index in [2.05, 4.69) is 5.32 Å². The SMILES string of the molecule is CCC(C)NC(=O)C(C)N(Cc1ccc(Cl)cc1)C(=O)CN(c1cccc(Cl)c1)S(=O)(=O)c1ccc(C)cc1. The lowest BCUT2D eigenvalue weighted by Crippen LogP contribution is -2.52. The molecule has 2 amide bonds. The smallest absolute Gasteiger partial charge is 0.264 e. The molecule has 3 rings (SSSR count). The first-order valence-electron chi connectivity index (χ1n) is 12.6. The summed E-state index contributed by atoms with van der Waals surface area (Å²) in [4.78, 5) is 28.4. The van der Waals surface area contributed by atoms with Gasteiger partial charge in [-0.1, -0.05) is 66.0 Å². The maximum Gasteiger partial charge on any atom is 0.264 e. The van der Waals surface area contributed by atoms with E-state index in [1.54, 1.807) is 61.5 Å². The van der Waals surface area contributed by atoms with Crippen molar-refractivity contribution in [2.45, 2.75) is 57.6 Å². The second-order valence-electron chi connectivity index (χ2n) is 9.45. The minimum absolute atomic E-state index is 0.0349. The summed E-state index contributed by atoms with van der Waals surface area (Å²) in [5, 5.41) is 3.77. The number of hydrogen-bond acceptors (Lipinski definition) is 4. The number of nitrogens with zero attached hydrogens (tertiary/aromatic N) is 2. The molecule has 3 aromatic carbocycles. The zero-order valence-electron chi connectivity index (χ0n) is 22.4. The predicted molar refractivity (Wildman–Crippen MR) is 157 cm³/mol. The highest BCUT2D eigenvalue weighted by Crippen LogP contribution is 2.27. The summed E-state index contributed by atoms with van der Waals surface area (Å²) in [6.45, 7) is 6.86. The first-order valence-corrected chi connectivity index (χ1v) is 14.8. The third-order valence-corrected chi connectivity index (χ3v) is 8.69. The van der Waals surface area contributed by atoms with E-state index >= 15 is 0 Å². The van der Waals surface area contributed by atoms with Crippen LogP contribution in [-0.4, -0.2) is 43.8 Å².